The highest BCUT2D eigenvalue weighted by atomic mass is 16.6. The zero-order valence-electron chi connectivity index (χ0n) is 19.0. The minimum atomic E-state index is -0.234. The minimum Gasteiger partial charge on any atom is -0.496 e. The largest absolute Gasteiger partial charge is 0.496 e. The van der Waals surface area contributed by atoms with Crippen molar-refractivity contribution in [3.8, 4) is 5.75 Å². The number of hydrogen-bond donors (Lipinski definition) is 1. The number of carbonyl (C=O) groups is 1. The lowest BCUT2D eigenvalue weighted by Gasteiger charge is -2.25. The molecule has 1 atom stereocenters. The topological polar surface area (TPSA) is 63.2 Å². The first-order valence-corrected chi connectivity index (χ1v) is 11.2. The third-order valence-corrected chi connectivity index (χ3v) is 5.69. The molecule has 0 bridgehead atoms. The average molecular weight is 444 g/mol. The van der Waals surface area contributed by atoms with Gasteiger partial charge in [0.1, 0.15) is 5.75 Å². The summed E-state index contributed by atoms with van der Waals surface area (Å²) in [4.78, 5) is 20.7. The number of oxime groups is 1. The number of anilines is 1. The molecule has 0 fully saturated rings. The van der Waals surface area contributed by atoms with Gasteiger partial charge in [0.15, 0.2) is 6.10 Å². The molecule has 0 radical (unpaired) electrons. The lowest BCUT2D eigenvalue weighted by Crippen LogP contribution is -2.40. The number of para-hydroxylation sites is 1. The number of carbonyl (C=O) groups excluding carboxylic acids is 1. The molecule has 170 valence electrons. The van der Waals surface area contributed by atoms with Crippen molar-refractivity contribution >= 4 is 17.4 Å². The van der Waals surface area contributed by atoms with Crippen molar-refractivity contribution < 1.29 is 14.4 Å². The van der Waals surface area contributed by atoms with Gasteiger partial charge in [-0.1, -0.05) is 66.7 Å². The highest BCUT2D eigenvalue weighted by Crippen LogP contribution is 2.25. The van der Waals surface area contributed by atoms with Crippen LogP contribution in [0.4, 0.5) is 10.5 Å². The smallest absolute Gasteiger partial charge is 0.322 e. The van der Waals surface area contributed by atoms with Crippen molar-refractivity contribution in [2.75, 3.05) is 19.0 Å². The number of aryl methyl sites for hydroxylation is 1. The quantitative estimate of drug-likeness (QED) is 0.501. The third-order valence-electron chi connectivity index (χ3n) is 5.69. The summed E-state index contributed by atoms with van der Waals surface area (Å²) in [6, 6.07) is 25.5. The summed E-state index contributed by atoms with van der Waals surface area (Å²) in [7, 11) is 1.64. The van der Waals surface area contributed by atoms with Gasteiger partial charge in [0.05, 0.1) is 19.4 Å². The summed E-state index contributed by atoms with van der Waals surface area (Å²) in [5, 5.41) is 7.32. The Morgan fingerprint density at radius 3 is 2.48 bits per heavy atom. The SMILES string of the molecule is CCc1ccc(NC(=O)N(Cc2ccccc2)CC2CC(c3ccccc3OC)=NO2)cc1. The van der Waals surface area contributed by atoms with E-state index in [0.717, 1.165) is 34.7 Å². The first-order valence-electron chi connectivity index (χ1n) is 11.2. The highest BCUT2D eigenvalue weighted by molar-refractivity contribution is 6.03. The zero-order chi connectivity index (χ0) is 23.0. The fraction of sp³-hybridized carbons (Fsp3) is 0.259. The van der Waals surface area contributed by atoms with Crippen molar-refractivity contribution in [1.29, 1.82) is 0 Å². The summed E-state index contributed by atoms with van der Waals surface area (Å²) in [5.41, 5.74) is 4.80. The molecule has 1 heterocycles. The van der Waals surface area contributed by atoms with Gasteiger partial charge in [0.25, 0.3) is 0 Å². The molecule has 2 amide bonds. The fourth-order valence-electron chi connectivity index (χ4n) is 3.86. The second-order valence-corrected chi connectivity index (χ2v) is 8.02. The lowest BCUT2D eigenvalue weighted by atomic mass is 10.0. The molecular weight excluding hydrogens is 414 g/mol. The zero-order valence-corrected chi connectivity index (χ0v) is 19.0. The standard InChI is InChI=1S/C27H29N3O3/c1-3-20-13-15-22(16-14-20)28-27(31)30(18-21-9-5-4-6-10-21)19-23-17-25(29-33-23)24-11-7-8-12-26(24)32-2/h4-16,23H,3,17-19H2,1-2H3,(H,28,31). The van der Waals surface area contributed by atoms with E-state index in [0.29, 0.717) is 19.5 Å². The first-order chi connectivity index (χ1) is 16.2. The van der Waals surface area contributed by atoms with Gasteiger partial charge in [0, 0.05) is 24.2 Å². The van der Waals surface area contributed by atoms with E-state index in [1.807, 2.05) is 78.9 Å². The van der Waals surface area contributed by atoms with Gasteiger partial charge in [-0.25, -0.2) is 4.79 Å². The van der Waals surface area contributed by atoms with Gasteiger partial charge in [-0.2, -0.15) is 0 Å². The Labute approximate surface area is 194 Å². The van der Waals surface area contributed by atoms with Crippen molar-refractivity contribution in [1.82, 2.24) is 4.90 Å². The molecule has 0 aromatic heterocycles. The van der Waals surface area contributed by atoms with Crippen LogP contribution in [0.1, 0.15) is 30.0 Å². The van der Waals surface area contributed by atoms with E-state index in [4.69, 9.17) is 9.57 Å². The van der Waals surface area contributed by atoms with E-state index in [2.05, 4.69) is 17.4 Å². The van der Waals surface area contributed by atoms with Crippen LogP contribution in [0.25, 0.3) is 0 Å². The van der Waals surface area contributed by atoms with Gasteiger partial charge < -0.3 is 19.8 Å². The summed E-state index contributed by atoms with van der Waals surface area (Å²) in [6.07, 6.45) is 1.33. The average Bonchev–Trinajstić information content (AvgIpc) is 3.33. The molecule has 33 heavy (non-hydrogen) atoms. The molecule has 4 rings (SSSR count). The van der Waals surface area contributed by atoms with E-state index in [1.54, 1.807) is 12.0 Å². The van der Waals surface area contributed by atoms with Gasteiger partial charge in [-0.05, 0) is 41.8 Å². The Morgan fingerprint density at radius 2 is 1.76 bits per heavy atom. The number of methoxy groups -OCH3 is 1. The van der Waals surface area contributed by atoms with Crippen LogP contribution < -0.4 is 10.1 Å². The van der Waals surface area contributed by atoms with E-state index >= 15 is 0 Å². The lowest BCUT2D eigenvalue weighted by molar-refractivity contribution is 0.0608. The Kier molecular flexibility index (Phi) is 7.25. The second kappa shape index (κ2) is 10.7. The Morgan fingerprint density at radius 1 is 1.03 bits per heavy atom. The second-order valence-electron chi connectivity index (χ2n) is 8.02. The number of rotatable bonds is 8. The van der Waals surface area contributed by atoms with Crippen LogP contribution in [0.3, 0.4) is 0 Å². The van der Waals surface area contributed by atoms with Crippen molar-refractivity contribution in [3.05, 3.63) is 95.6 Å². The van der Waals surface area contributed by atoms with Crippen LogP contribution in [-0.4, -0.2) is 36.4 Å². The van der Waals surface area contributed by atoms with Gasteiger partial charge in [-0.15, -0.1) is 0 Å². The number of benzene rings is 3. The number of hydrogen-bond acceptors (Lipinski definition) is 4. The first kappa shape index (κ1) is 22.4. The summed E-state index contributed by atoms with van der Waals surface area (Å²) >= 11 is 0. The molecule has 1 aliphatic rings. The van der Waals surface area contributed by atoms with E-state index < -0.39 is 0 Å². The molecule has 0 spiro atoms. The number of urea groups is 1. The highest BCUT2D eigenvalue weighted by Gasteiger charge is 2.28. The molecule has 0 aliphatic carbocycles. The Balaban J connectivity index is 1.46. The Hall–Kier alpha value is -3.80. The fourth-order valence-corrected chi connectivity index (χ4v) is 3.86. The summed E-state index contributed by atoms with van der Waals surface area (Å²) in [5.74, 6) is 0.759. The number of ether oxygens (including phenoxy) is 1. The van der Waals surface area contributed by atoms with Gasteiger partial charge >= 0.3 is 6.03 Å². The van der Waals surface area contributed by atoms with Crippen LogP contribution in [0.15, 0.2) is 84.0 Å². The summed E-state index contributed by atoms with van der Waals surface area (Å²) in [6.45, 7) is 3.00. The molecule has 6 heteroatoms. The Bertz CT molecular complexity index is 1100. The van der Waals surface area contributed by atoms with Crippen LogP contribution in [0, 0.1) is 0 Å². The van der Waals surface area contributed by atoms with Crippen LogP contribution >= 0.6 is 0 Å². The molecule has 3 aromatic carbocycles. The van der Waals surface area contributed by atoms with Crippen LogP contribution in [-0.2, 0) is 17.8 Å². The van der Waals surface area contributed by atoms with Crippen molar-refractivity contribution in [2.24, 2.45) is 5.16 Å². The monoisotopic (exact) mass is 443 g/mol. The van der Waals surface area contributed by atoms with Crippen LogP contribution in [0.5, 0.6) is 5.75 Å². The third kappa shape index (κ3) is 5.71. The molecule has 0 saturated carbocycles. The van der Waals surface area contributed by atoms with Crippen LogP contribution in [0.2, 0.25) is 0 Å². The van der Waals surface area contributed by atoms with Gasteiger partial charge in [0.2, 0.25) is 0 Å². The number of nitrogens with one attached hydrogen (secondary N) is 1. The predicted octanol–water partition coefficient (Wildman–Crippen LogP) is 5.48. The minimum absolute atomic E-state index is 0.169. The van der Waals surface area contributed by atoms with Crippen molar-refractivity contribution in [2.45, 2.75) is 32.4 Å². The molecule has 1 unspecified atom stereocenters. The molecule has 1 aliphatic heterocycles. The molecular formula is C27H29N3O3. The van der Waals surface area contributed by atoms with E-state index in [9.17, 15) is 4.79 Å². The number of amides is 2. The molecule has 0 saturated heterocycles. The van der Waals surface area contributed by atoms with Crippen molar-refractivity contribution in [3.63, 3.8) is 0 Å². The molecule has 1 N–H and O–H groups in total. The summed E-state index contributed by atoms with van der Waals surface area (Å²) < 4.78 is 5.46. The maximum atomic E-state index is 13.2. The van der Waals surface area contributed by atoms with E-state index in [1.165, 1.54) is 5.56 Å². The maximum absolute atomic E-state index is 13.2. The maximum Gasteiger partial charge on any atom is 0.322 e. The normalized spacial score (nSPS) is 14.8. The molecule has 3 aromatic rings. The number of nitrogens with zero attached hydrogens (tertiary/aromatic N) is 2. The molecule has 6 nitrogen and oxygen atoms in total. The van der Waals surface area contributed by atoms with Gasteiger partial charge in [-0.3, -0.25) is 0 Å². The predicted molar refractivity (Wildman–Crippen MR) is 131 cm³/mol. The van der Waals surface area contributed by atoms with E-state index in [-0.39, 0.29) is 12.1 Å².